The first kappa shape index (κ1) is 11.6. The molecule has 1 heterocycles. The quantitative estimate of drug-likeness (QED) is 0.841. The topological polar surface area (TPSA) is 50.7 Å². The molecule has 4 nitrogen and oxygen atoms in total. The Labute approximate surface area is 101 Å². The molecular weight excluding hydrogens is 216 g/mol. The molecule has 1 amide bonds. The fourth-order valence-electron chi connectivity index (χ4n) is 1.72. The zero-order valence-corrected chi connectivity index (χ0v) is 9.85. The summed E-state index contributed by atoms with van der Waals surface area (Å²) in [5, 5.41) is 2.75. The Morgan fingerprint density at radius 1 is 1.35 bits per heavy atom. The second-order valence-corrected chi connectivity index (χ2v) is 3.97. The largest absolute Gasteiger partial charge is 0.486 e. The number of hydrogen-bond donors (Lipinski definition) is 1. The number of hydrogen-bond acceptors (Lipinski definition) is 3. The van der Waals surface area contributed by atoms with Crippen LogP contribution >= 0.6 is 0 Å². The SMILES string of the molecule is CCCC1N=C(COc2ccccc2)NC1=O. The van der Waals surface area contributed by atoms with Crippen molar-refractivity contribution >= 4 is 11.7 Å². The summed E-state index contributed by atoms with van der Waals surface area (Å²) in [4.78, 5) is 15.8. The molecule has 2 rings (SSSR count). The normalized spacial score (nSPS) is 18.8. The van der Waals surface area contributed by atoms with Gasteiger partial charge in [-0.3, -0.25) is 9.79 Å². The van der Waals surface area contributed by atoms with Gasteiger partial charge in [-0.15, -0.1) is 0 Å². The molecule has 0 spiro atoms. The summed E-state index contributed by atoms with van der Waals surface area (Å²) in [5.74, 6) is 1.39. The lowest BCUT2D eigenvalue weighted by atomic mass is 10.2. The molecule has 0 aromatic heterocycles. The molecule has 0 saturated carbocycles. The van der Waals surface area contributed by atoms with Crippen molar-refractivity contribution in [2.75, 3.05) is 6.61 Å². The number of nitrogens with one attached hydrogen (secondary N) is 1. The summed E-state index contributed by atoms with van der Waals surface area (Å²) in [7, 11) is 0. The second kappa shape index (κ2) is 5.48. The van der Waals surface area contributed by atoms with Crippen LogP contribution in [0, 0.1) is 0 Å². The van der Waals surface area contributed by atoms with Gasteiger partial charge in [-0.05, 0) is 18.6 Å². The third-order valence-corrected chi connectivity index (χ3v) is 2.56. The third kappa shape index (κ3) is 3.06. The minimum atomic E-state index is -0.227. The van der Waals surface area contributed by atoms with Gasteiger partial charge < -0.3 is 10.1 Å². The van der Waals surface area contributed by atoms with Crippen LogP contribution in [0.1, 0.15) is 19.8 Å². The number of amidine groups is 1. The van der Waals surface area contributed by atoms with Gasteiger partial charge in [0.2, 0.25) is 5.91 Å². The molecule has 0 bridgehead atoms. The Bertz CT molecular complexity index is 415. The maximum absolute atomic E-state index is 11.5. The van der Waals surface area contributed by atoms with E-state index in [9.17, 15) is 4.79 Å². The van der Waals surface area contributed by atoms with Gasteiger partial charge in [-0.2, -0.15) is 0 Å². The first-order valence-corrected chi connectivity index (χ1v) is 5.85. The first-order chi connectivity index (χ1) is 8.29. The van der Waals surface area contributed by atoms with Crippen molar-refractivity contribution in [3.05, 3.63) is 30.3 Å². The highest BCUT2D eigenvalue weighted by Gasteiger charge is 2.25. The van der Waals surface area contributed by atoms with Gasteiger partial charge in [0.15, 0.2) is 0 Å². The van der Waals surface area contributed by atoms with E-state index in [2.05, 4.69) is 10.3 Å². The molecule has 1 N–H and O–H groups in total. The number of amides is 1. The number of ether oxygens (including phenoxy) is 1. The number of para-hydroxylation sites is 1. The molecule has 1 aromatic carbocycles. The molecule has 0 saturated heterocycles. The van der Waals surface area contributed by atoms with Gasteiger partial charge in [0.25, 0.3) is 0 Å². The number of rotatable bonds is 5. The van der Waals surface area contributed by atoms with Crippen molar-refractivity contribution in [1.82, 2.24) is 5.32 Å². The minimum Gasteiger partial charge on any atom is -0.486 e. The molecule has 4 heteroatoms. The summed E-state index contributed by atoms with van der Waals surface area (Å²) >= 11 is 0. The van der Waals surface area contributed by atoms with Crippen LogP contribution < -0.4 is 10.1 Å². The van der Waals surface area contributed by atoms with Gasteiger partial charge in [0.1, 0.15) is 24.2 Å². The fraction of sp³-hybridized carbons (Fsp3) is 0.385. The molecule has 0 fully saturated rings. The van der Waals surface area contributed by atoms with Crippen LogP contribution in [0.4, 0.5) is 0 Å². The van der Waals surface area contributed by atoms with Crippen molar-refractivity contribution < 1.29 is 9.53 Å². The summed E-state index contributed by atoms with van der Waals surface area (Å²) < 4.78 is 5.52. The molecule has 1 aliphatic rings. The molecule has 0 radical (unpaired) electrons. The van der Waals surface area contributed by atoms with E-state index in [1.165, 1.54) is 0 Å². The van der Waals surface area contributed by atoms with Crippen molar-refractivity contribution in [3.63, 3.8) is 0 Å². The standard InChI is InChI=1S/C13H16N2O2/c1-2-6-11-13(16)15-12(14-11)9-17-10-7-4-3-5-8-10/h3-5,7-8,11H,2,6,9H2,1H3,(H,14,15,16). The number of benzene rings is 1. The van der Waals surface area contributed by atoms with Crippen LogP contribution in [-0.2, 0) is 4.79 Å². The summed E-state index contributed by atoms with van der Waals surface area (Å²) in [6.45, 7) is 2.36. The smallest absolute Gasteiger partial charge is 0.250 e. The zero-order chi connectivity index (χ0) is 12.1. The Hall–Kier alpha value is -1.84. The second-order valence-electron chi connectivity index (χ2n) is 3.97. The average molecular weight is 232 g/mol. The van der Waals surface area contributed by atoms with Gasteiger partial charge in [-0.1, -0.05) is 31.5 Å². The third-order valence-electron chi connectivity index (χ3n) is 2.56. The summed E-state index contributed by atoms with van der Waals surface area (Å²) in [6.07, 6.45) is 1.75. The zero-order valence-electron chi connectivity index (χ0n) is 9.85. The molecule has 1 unspecified atom stereocenters. The molecule has 0 aliphatic carbocycles. The maximum Gasteiger partial charge on any atom is 0.250 e. The van der Waals surface area contributed by atoms with Gasteiger partial charge >= 0.3 is 0 Å². The Morgan fingerprint density at radius 2 is 2.12 bits per heavy atom. The van der Waals surface area contributed by atoms with E-state index >= 15 is 0 Å². The van der Waals surface area contributed by atoms with Crippen LogP contribution in [0.5, 0.6) is 5.75 Å². The van der Waals surface area contributed by atoms with E-state index in [1.807, 2.05) is 37.3 Å². The molecule has 17 heavy (non-hydrogen) atoms. The number of nitrogens with zero attached hydrogens (tertiary/aromatic N) is 1. The Morgan fingerprint density at radius 3 is 2.82 bits per heavy atom. The molecule has 90 valence electrons. The molecular formula is C13H16N2O2. The van der Waals surface area contributed by atoms with Gasteiger partial charge in [0, 0.05) is 0 Å². The van der Waals surface area contributed by atoms with Crippen molar-refractivity contribution in [2.45, 2.75) is 25.8 Å². The van der Waals surface area contributed by atoms with E-state index in [1.54, 1.807) is 0 Å². The van der Waals surface area contributed by atoms with Crippen molar-refractivity contribution in [1.29, 1.82) is 0 Å². The van der Waals surface area contributed by atoms with E-state index in [-0.39, 0.29) is 11.9 Å². The summed E-state index contributed by atoms with van der Waals surface area (Å²) in [6, 6.07) is 9.27. The highest BCUT2D eigenvalue weighted by Crippen LogP contribution is 2.10. The number of carbonyl (C=O) groups is 1. The van der Waals surface area contributed by atoms with Crippen LogP contribution in [-0.4, -0.2) is 24.4 Å². The Balaban J connectivity index is 1.88. The van der Waals surface area contributed by atoms with E-state index in [0.717, 1.165) is 18.6 Å². The van der Waals surface area contributed by atoms with E-state index in [4.69, 9.17) is 4.74 Å². The van der Waals surface area contributed by atoms with Crippen LogP contribution in [0.25, 0.3) is 0 Å². The maximum atomic E-state index is 11.5. The predicted octanol–water partition coefficient (Wildman–Crippen LogP) is 1.76. The van der Waals surface area contributed by atoms with Crippen LogP contribution in [0.3, 0.4) is 0 Å². The lowest BCUT2D eigenvalue weighted by molar-refractivity contribution is -0.120. The monoisotopic (exact) mass is 232 g/mol. The molecule has 1 aromatic rings. The van der Waals surface area contributed by atoms with E-state index in [0.29, 0.717) is 12.4 Å². The van der Waals surface area contributed by atoms with Crippen LogP contribution in [0.2, 0.25) is 0 Å². The highest BCUT2D eigenvalue weighted by atomic mass is 16.5. The van der Waals surface area contributed by atoms with Gasteiger partial charge in [-0.25, -0.2) is 0 Å². The molecule has 1 aliphatic heterocycles. The summed E-state index contributed by atoms with van der Waals surface area (Å²) in [5.41, 5.74) is 0. The minimum absolute atomic E-state index is 0.0153. The van der Waals surface area contributed by atoms with Crippen molar-refractivity contribution in [2.24, 2.45) is 4.99 Å². The van der Waals surface area contributed by atoms with Gasteiger partial charge in [0.05, 0.1) is 0 Å². The highest BCUT2D eigenvalue weighted by molar-refractivity contribution is 6.06. The fourth-order valence-corrected chi connectivity index (χ4v) is 1.72. The average Bonchev–Trinajstić information content (AvgIpc) is 2.70. The Kier molecular flexibility index (Phi) is 3.75. The lowest BCUT2D eigenvalue weighted by Crippen LogP contribution is -2.31. The molecule has 1 atom stereocenters. The lowest BCUT2D eigenvalue weighted by Gasteiger charge is -2.04. The van der Waals surface area contributed by atoms with E-state index < -0.39 is 0 Å². The van der Waals surface area contributed by atoms with Crippen LogP contribution in [0.15, 0.2) is 35.3 Å². The predicted molar refractivity (Wildman–Crippen MR) is 66.2 cm³/mol. The first-order valence-electron chi connectivity index (χ1n) is 5.85. The van der Waals surface area contributed by atoms with Crippen molar-refractivity contribution in [3.8, 4) is 5.75 Å². The number of aliphatic imine (C=N–C) groups is 1. The number of carbonyl (C=O) groups excluding carboxylic acids is 1.